The van der Waals surface area contributed by atoms with Crippen molar-refractivity contribution in [3.05, 3.63) is 0 Å². The lowest BCUT2D eigenvalue weighted by Gasteiger charge is -2.28. The lowest BCUT2D eigenvalue weighted by atomic mass is 9.96. The molecule has 11 nitrogen and oxygen atoms in total. The Morgan fingerprint density at radius 1 is 0.906 bits per heavy atom. The van der Waals surface area contributed by atoms with Crippen molar-refractivity contribution in [2.75, 3.05) is 12.0 Å². The van der Waals surface area contributed by atoms with Crippen LogP contribution in [0.3, 0.4) is 0 Å². The van der Waals surface area contributed by atoms with Gasteiger partial charge in [0, 0.05) is 0 Å². The Morgan fingerprint density at radius 3 is 1.91 bits per heavy atom. The van der Waals surface area contributed by atoms with Gasteiger partial charge in [-0.05, 0) is 30.3 Å². The first-order valence-electron chi connectivity index (χ1n) is 10.5. The molecule has 0 spiro atoms. The average Bonchev–Trinajstić information content (AvgIpc) is 2.70. The van der Waals surface area contributed by atoms with E-state index in [1.807, 2.05) is 13.2 Å². The van der Waals surface area contributed by atoms with Crippen molar-refractivity contribution in [1.82, 2.24) is 16.0 Å². The van der Waals surface area contributed by atoms with Crippen molar-refractivity contribution in [2.45, 2.75) is 71.1 Å². The normalized spacial score (nSPS) is 15.7. The Bertz CT molecular complexity index is 674. The molecule has 12 heteroatoms. The highest BCUT2D eigenvalue weighted by Gasteiger charge is 2.33. The minimum atomic E-state index is -1.33. The van der Waals surface area contributed by atoms with Gasteiger partial charge in [-0.25, -0.2) is 4.79 Å². The third-order valence-electron chi connectivity index (χ3n) is 5.00. The van der Waals surface area contributed by atoms with Crippen molar-refractivity contribution in [2.24, 2.45) is 17.6 Å². The van der Waals surface area contributed by atoms with Crippen LogP contribution in [0, 0.1) is 11.8 Å². The van der Waals surface area contributed by atoms with Crippen LogP contribution in [0.4, 0.5) is 0 Å². The van der Waals surface area contributed by atoms with E-state index in [4.69, 9.17) is 10.8 Å². The van der Waals surface area contributed by atoms with E-state index in [0.717, 1.165) is 0 Å². The fraction of sp³-hybridized carbons (Fsp3) is 0.750. The molecule has 0 saturated heterocycles. The molecule has 0 aliphatic rings. The predicted octanol–water partition coefficient (Wildman–Crippen LogP) is -0.217. The molecule has 3 amide bonds. The van der Waals surface area contributed by atoms with E-state index < -0.39 is 60.2 Å². The number of nitrogens with two attached hydrogens (primary N) is 1. The number of carboxylic acids is 2. The van der Waals surface area contributed by atoms with Gasteiger partial charge in [0.1, 0.15) is 18.1 Å². The van der Waals surface area contributed by atoms with E-state index >= 15 is 0 Å². The molecule has 0 aromatic rings. The topological polar surface area (TPSA) is 188 Å². The molecule has 0 aromatic heterocycles. The number of carbonyl (C=O) groups excluding carboxylic acids is 3. The Hall–Kier alpha value is -2.34. The van der Waals surface area contributed by atoms with Crippen molar-refractivity contribution in [1.29, 1.82) is 0 Å². The summed E-state index contributed by atoms with van der Waals surface area (Å²) < 4.78 is 0. The Balaban J connectivity index is 5.51. The van der Waals surface area contributed by atoms with Gasteiger partial charge in [0.2, 0.25) is 17.7 Å². The second kappa shape index (κ2) is 14.7. The molecule has 32 heavy (non-hydrogen) atoms. The number of aliphatic carboxylic acids is 2. The quantitative estimate of drug-likeness (QED) is 0.186. The maximum absolute atomic E-state index is 12.9. The van der Waals surface area contributed by atoms with Gasteiger partial charge in [-0.3, -0.25) is 19.2 Å². The molecular formula is C20H36N4O7S. The second-order valence-electron chi connectivity index (χ2n) is 7.99. The summed E-state index contributed by atoms with van der Waals surface area (Å²) in [6.45, 7) is 6.88. The van der Waals surface area contributed by atoms with Crippen LogP contribution in [0.2, 0.25) is 0 Å². The van der Waals surface area contributed by atoms with E-state index in [-0.39, 0.29) is 18.3 Å². The minimum Gasteiger partial charge on any atom is -0.481 e. The molecule has 0 rings (SSSR count). The summed E-state index contributed by atoms with van der Waals surface area (Å²) in [7, 11) is 0. The summed E-state index contributed by atoms with van der Waals surface area (Å²) >= 11 is 1.44. The van der Waals surface area contributed by atoms with Crippen LogP contribution in [0.15, 0.2) is 0 Å². The van der Waals surface area contributed by atoms with Gasteiger partial charge in [-0.2, -0.15) is 11.8 Å². The van der Waals surface area contributed by atoms with Crippen LogP contribution in [0.1, 0.15) is 47.0 Å². The average molecular weight is 477 g/mol. The molecule has 5 atom stereocenters. The molecule has 7 N–H and O–H groups in total. The first kappa shape index (κ1) is 29.7. The number of rotatable bonds is 15. The van der Waals surface area contributed by atoms with Crippen LogP contribution in [-0.2, 0) is 24.0 Å². The standard InChI is InChI=1S/C20H36N4O7S/c1-6-11(4)16(19(29)23-15(10(2)3)20(30)31)24-18(28)13(7-8-32-5)22-17(27)12(21)9-14(25)26/h10-13,15-16H,6-9,21H2,1-5H3,(H,22,27)(H,23,29)(H,24,28)(H,25,26)(H,30,31). The minimum absolute atomic E-state index is 0.233. The van der Waals surface area contributed by atoms with Gasteiger partial charge in [0.15, 0.2) is 0 Å². The first-order valence-corrected chi connectivity index (χ1v) is 11.8. The largest absolute Gasteiger partial charge is 0.481 e. The van der Waals surface area contributed by atoms with Crippen molar-refractivity contribution >= 4 is 41.4 Å². The van der Waals surface area contributed by atoms with E-state index in [2.05, 4.69) is 16.0 Å². The zero-order chi connectivity index (χ0) is 25.0. The highest BCUT2D eigenvalue weighted by atomic mass is 32.2. The third-order valence-corrected chi connectivity index (χ3v) is 5.64. The fourth-order valence-electron chi connectivity index (χ4n) is 2.78. The summed E-state index contributed by atoms with van der Waals surface area (Å²) in [5, 5.41) is 25.7. The van der Waals surface area contributed by atoms with Gasteiger partial charge in [-0.1, -0.05) is 34.1 Å². The Labute approximate surface area is 192 Å². The number of hydrogen-bond acceptors (Lipinski definition) is 7. The zero-order valence-corrected chi connectivity index (χ0v) is 20.0. The highest BCUT2D eigenvalue weighted by molar-refractivity contribution is 7.98. The number of carboxylic acid groups (broad SMARTS) is 2. The Kier molecular flexibility index (Phi) is 13.6. The molecule has 184 valence electrons. The van der Waals surface area contributed by atoms with Crippen LogP contribution in [-0.4, -0.2) is 76.0 Å². The van der Waals surface area contributed by atoms with Crippen LogP contribution in [0.25, 0.3) is 0 Å². The van der Waals surface area contributed by atoms with Gasteiger partial charge in [-0.15, -0.1) is 0 Å². The molecule has 0 fully saturated rings. The zero-order valence-electron chi connectivity index (χ0n) is 19.2. The van der Waals surface area contributed by atoms with Gasteiger partial charge >= 0.3 is 11.9 Å². The van der Waals surface area contributed by atoms with Gasteiger partial charge in [0.25, 0.3) is 0 Å². The number of thioether (sulfide) groups is 1. The molecule has 0 radical (unpaired) electrons. The van der Waals surface area contributed by atoms with Crippen molar-refractivity contribution < 1.29 is 34.2 Å². The summed E-state index contributed by atoms with van der Waals surface area (Å²) in [6.07, 6.45) is 1.99. The van der Waals surface area contributed by atoms with E-state index in [9.17, 15) is 29.1 Å². The predicted molar refractivity (Wildman–Crippen MR) is 121 cm³/mol. The molecule has 0 aromatic carbocycles. The molecule has 0 saturated carbocycles. The lowest BCUT2D eigenvalue weighted by molar-refractivity contribution is -0.144. The van der Waals surface area contributed by atoms with Gasteiger partial charge < -0.3 is 31.9 Å². The maximum atomic E-state index is 12.9. The summed E-state index contributed by atoms with van der Waals surface area (Å²) in [5.74, 6) is -4.64. The molecular weight excluding hydrogens is 440 g/mol. The van der Waals surface area contributed by atoms with E-state index in [0.29, 0.717) is 12.2 Å². The second-order valence-corrected chi connectivity index (χ2v) is 8.97. The number of nitrogens with one attached hydrogen (secondary N) is 3. The highest BCUT2D eigenvalue weighted by Crippen LogP contribution is 2.11. The lowest BCUT2D eigenvalue weighted by Crippen LogP contribution is -2.59. The van der Waals surface area contributed by atoms with Crippen molar-refractivity contribution in [3.8, 4) is 0 Å². The SMILES string of the molecule is CCC(C)C(NC(=O)C(CCSC)NC(=O)C(N)CC(=O)O)C(=O)NC(C(=O)O)C(C)C. The van der Waals surface area contributed by atoms with Crippen LogP contribution < -0.4 is 21.7 Å². The smallest absolute Gasteiger partial charge is 0.326 e. The van der Waals surface area contributed by atoms with Crippen molar-refractivity contribution in [3.63, 3.8) is 0 Å². The van der Waals surface area contributed by atoms with Crippen LogP contribution >= 0.6 is 11.8 Å². The van der Waals surface area contributed by atoms with Crippen LogP contribution in [0.5, 0.6) is 0 Å². The molecule has 0 aliphatic heterocycles. The molecule has 0 aliphatic carbocycles. The summed E-state index contributed by atoms with van der Waals surface area (Å²) in [5.41, 5.74) is 5.58. The summed E-state index contributed by atoms with van der Waals surface area (Å²) in [6, 6.07) is -4.50. The number of carbonyl (C=O) groups is 5. The fourth-order valence-corrected chi connectivity index (χ4v) is 3.25. The monoisotopic (exact) mass is 476 g/mol. The molecule has 0 heterocycles. The first-order chi connectivity index (χ1) is 14.8. The summed E-state index contributed by atoms with van der Waals surface area (Å²) in [4.78, 5) is 60.2. The molecule has 5 unspecified atom stereocenters. The number of amides is 3. The van der Waals surface area contributed by atoms with Gasteiger partial charge in [0.05, 0.1) is 12.5 Å². The third kappa shape index (κ3) is 10.3. The number of hydrogen-bond donors (Lipinski definition) is 6. The Morgan fingerprint density at radius 2 is 1.47 bits per heavy atom. The van der Waals surface area contributed by atoms with E-state index in [1.54, 1.807) is 20.8 Å². The molecule has 0 bridgehead atoms. The maximum Gasteiger partial charge on any atom is 0.326 e. The van der Waals surface area contributed by atoms with E-state index in [1.165, 1.54) is 11.8 Å².